The van der Waals surface area contributed by atoms with Gasteiger partial charge in [0.2, 0.25) is 0 Å². The van der Waals surface area contributed by atoms with E-state index in [9.17, 15) is 0 Å². The molecule has 0 aliphatic carbocycles. The molecule has 0 saturated heterocycles. The van der Waals surface area contributed by atoms with Crippen molar-refractivity contribution < 1.29 is 0 Å². The van der Waals surface area contributed by atoms with Gasteiger partial charge < -0.3 is 4.90 Å². The molecule has 0 amide bonds. The second-order valence-corrected chi connectivity index (χ2v) is 6.07. The van der Waals surface area contributed by atoms with Crippen LogP contribution in [-0.2, 0) is 0 Å². The van der Waals surface area contributed by atoms with Crippen molar-refractivity contribution in [1.82, 2.24) is 9.66 Å². The van der Waals surface area contributed by atoms with Gasteiger partial charge in [0.1, 0.15) is 5.71 Å². The molecule has 1 aliphatic rings. The largest absolute Gasteiger partial charge is 0.372 e. The van der Waals surface area contributed by atoms with Gasteiger partial charge in [-0.3, -0.25) is 0 Å². The van der Waals surface area contributed by atoms with E-state index in [0.29, 0.717) is 0 Å². The van der Waals surface area contributed by atoms with Gasteiger partial charge in [-0.05, 0) is 57.2 Å². The van der Waals surface area contributed by atoms with E-state index >= 15 is 0 Å². The molecule has 0 unspecified atom stereocenters. The average Bonchev–Trinajstić information content (AvgIpc) is 3.14. The van der Waals surface area contributed by atoms with E-state index in [4.69, 9.17) is 9.98 Å². The first-order valence-electron chi connectivity index (χ1n) is 8.68. The summed E-state index contributed by atoms with van der Waals surface area (Å²) in [6.45, 7) is 8.31. The Morgan fingerprint density at radius 1 is 1.00 bits per heavy atom. The minimum atomic E-state index is 0.812. The summed E-state index contributed by atoms with van der Waals surface area (Å²) in [5.74, 6) is 0.812. The number of hydrogen-bond donors (Lipinski definition) is 0. The van der Waals surface area contributed by atoms with E-state index in [-0.39, 0.29) is 0 Å². The third-order valence-corrected chi connectivity index (χ3v) is 4.56. The quantitative estimate of drug-likeness (QED) is 0.718. The van der Waals surface area contributed by atoms with Gasteiger partial charge in [0, 0.05) is 18.8 Å². The Labute approximate surface area is 147 Å². The highest BCUT2D eigenvalue weighted by molar-refractivity contribution is 6.48. The van der Waals surface area contributed by atoms with Gasteiger partial charge in [-0.15, -0.1) is 0 Å². The monoisotopic (exact) mass is 331 g/mol. The van der Waals surface area contributed by atoms with Crippen molar-refractivity contribution in [2.75, 3.05) is 18.0 Å². The van der Waals surface area contributed by atoms with Crippen LogP contribution in [0.15, 0.2) is 58.6 Å². The van der Waals surface area contributed by atoms with Crippen molar-refractivity contribution in [3.63, 3.8) is 0 Å². The highest BCUT2D eigenvalue weighted by Crippen LogP contribution is 2.25. The van der Waals surface area contributed by atoms with Crippen LogP contribution in [0, 0.1) is 0 Å². The van der Waals surface area contributed by atoms with Crippen LogP contribution in [0.1, 0.15) is 26.6 Å². The number of anilines is 1. The number of rotatable bonds is 4. The van der Waals surface area contributed by atoms with Gasteiger partial charge in [0.05, 0.1) is 22.4 Å². The first-order chi connectivity index (χ1) is 12.2. The lowest BCUT2D eigenvalue weighted by molar-refractivity contribution is 0.866. The molecule has 0 saturated carbocycles. The highest BCUT2D eigenvalue weighted by atomic mass is 15.4. The van der Waals surface area contributed by atoms with Crippen molar-refractivity contribution in [3.8, 4) is 0 Å². The summed E-state index contributed by atoms with van der Waals surface area (Å²) in [6, 6.07) is 16.4. The lowest BCUT2D eigenvalue weighted by atomic mass is 10.2. The molecule has 2 aromatic carbocycles. The maximum absolute atomic E-state index is 4.81. The lowest BCUT2D eigenvalue weighted by Crippen LogP contribution is -2.21. The summed E-state index contributed by atoms with van der Waals surface area (Å²) >= 11 is 0. The van der Waals surface area contributed by atoms with Gasteiger partial charge in [0.25, 0.3) is 0 Å². The summed E-state index contributed by atoms with van der Waals surface area (Å²) in [5, 5.41) is 4.62. The lowest BCUT2D eigenvalue weighted by Gasteiger charge is -2.20. The third kappa shape index (κ3) is 2.61. The van der Waals surface area contributed by atoms with Crippen LogP contribution in [0.25, 0.3) is 11.0 Å². The van der Waals surface area contributed by atoms with Crippen LogP contribution in [0.2, 0.25) is 0 Å². The third-order valence-electron chi connectivity index (χ3n) is 4.56. The number of nitrogens with zero attached hydrogens (tertiary/aromatic N) is 5. The second-order valence-electron chi connectivity index (χ2n) is 6.07. The van der Waals surface area contributed by atoms with Crippen LogP contribution in [0.3, 0.4) is 0 Å². The van der Waals surface area contributed by atoms with Gasteiger partial charge in [-0.25, -0.2) is 14.7 Å². The number of benzene rings is 2. The molecular formula is C20H21N5. The predicted molar refractivity (Wildman–Crippen MR) is 104 cm³/mol. The Hall–Kier alpha value is -2.95. The Kier molecular flexibility index (Phi) is 3.84. The normalized spacial score (nSPS) is 14.8. The van der Waals surface area contributed by atoms with Crippen LogP contribution < -0.4 is 4.90 Å². The Morgan fingerprint density at radius 2 is 1.72 bits per heavy atom. The topological polar surface area (TPSA) is 45.8 Å². The van der Waals surface area contributed by atoms with Gasteiger partial charge in [0.15, 0.2) is 5.82 Å². The zero-order valence-corrected chi connectivity index (χ0v) is 14.8. The fourth-order valence-electron chi connectivity index (χ4n) is 3.21. The summed E-state index contributed by atoms with van der Waals surface area (Å²) < 4.78 is 1.88. The Morgan fingerprint density at radius 3 is 2.44 bits per heavy atom. The minimum Gasteiger partial charge on any atom is -0.372 e. The molecule has 1 aliphatic heterocycles. The fourth-order valence-corrected chi connectivity index (χ4v) is 3.21. The van der Waals surface area contributed by atoms with Crippen LogP contribution in [-0.4, -0.2) is 34.2 Å². The van der Waals surface area contributed by atoms with Crippen LogP contribution in [0.5, 0.6) is 0 Å². The maximum Gasteiger partial charge on any atom is 0.182 e. The van der Waals surface area contributed by atoms with E-state index in [1.165, 1.54) is 5.69 Å². The molecule has 0 N–H and O–H groups in total. The fraction of sp³-hybridized carbons (Fsp3) is 0.250. The van der Waals surface area contributed by atoms with Gasteiger partial charge in [-0.2, -0.15) is 5.10 Å². The number of para-hydroxylation sites is 2. The van der Waals surface area contributed by atoms with Crippen molar-refractivity contribution >= 4 is 33.8 Å². The molecule has 25 heavy (non-hydrogen) atoms. The van der Waals surface area contributed by atoms with Crippen molar-refractivity contribution in [3.05, 3.63) is 54.4 Å². The SMILES string of the molecule is CCN(CC)c1ccc(N=C2C(C)=Nn3c2nc2ccccc23)cc1. The summed E-state index contributed by atoms with van der Waals surface area (Å²) in [5.41, 5.74) is 5.82. The molecule has 5 heteroatoms. The van der Waals surface area contributed by atoms with Crippen molar-refractivity contribution in [1.29, 1.82) is 0 Å². The van der Waals surface area contributed by atoms with Crippen LogP contribution >= 0.6 is 0 Å². The number of imidazole rings is 1. The zero-order valence-electron chi connectivity index (χ0n) is 14.8. The van der Waals surface area contributed by atoms with E-state index in [1.54, 1.807) is 0 Å². The molecule has 0 fully saturated rings. The zero-order chi connectivity index (χ0) is 17.4. The van der Waals surface area contributed by atoms with E-state index < -0.39 is 0 Å². The van der Waals surface area contributed by atoms with Crippen LogP contribution in [0.4, 0.5) is 11.4 Å². The van der Waals surface area contributed by atoms with Gasteiger partial charge in [-0.1, -0.05) is 12.1 Å². The standard InChI is InChI=1S/C20H21N5/c1-4-24(5-2)16-12-10-15(11-13-16)21-19-14(3)23-25-18-9-7-6-8-17(18)22-20(19)25/h6-13H,4-5H2,1-3H3. The smallest absolute Gasteiger partial charge is 0.182 e. The molecule has 2 heterocycles. The molecule has 4 rings (SSSR count). The molecular weight excluding hydrogens is 310 g/mol. The van der Waals surface area contributed by atoms with Crippen molar-refractivity contribution in [2.45, 2.75) is 20.8 Å². The Bertz CT molecular complexity index is 975. The Balaban J connectivity index is 1.72. The summed E-state index contributed by atoms with van der Waals surface area (Å²) in [6.07, 6.45) is 0. The number of fused-ring (bicyclic) bond motifs is 3. The maximum atomic E-state index is 4.81. The molecule has 1 aromatic heterocycles. The minimum absolute atomic E-state index is 0.812. The number of hydrogen-bond acceptors (Lipinski definition) is 4. The molecule has 3 aromatic rings. The van der Waals surface area contributed by atoms with Gasteiger partial charge >= 0.3 is 0 Å². The number of aromatic nitrogens is 2. The highest BCUT2D eigenvalue weighted by Gasteiger charge is 2.24. The molecule has 5 nitrogen and oxygen atoms in total. The predicted octanol–water partition coefficient (Wildman–Crippen LogP) is 4.24. The van der Waals surface area contributed by atoms with E-state index in [1.807, 2.05) is 35.9 Å². The molecule has 0 spiro atoms. The molecule has 0 atom stereocenters. The van der Waals surface area contributed by atoms with E-state index in [2.05, 4.69) is 48.1 Å². The van der Waals surface area contributed by atoms with E-state index in [0.717, 1.165) is 47.1 Å². The molecule has 0 radical (unpaired) electrons. The molecule has 0 bridgehead atoms. The first-order valence-corrected chi connectivity index (χ1v) is 8.68. The number of aliphatic imine (C=N–C) groups is 1. The van der Waals surface area contributed by atoms with Crippen molar-refractivity contribution in [2.24, 2.45) is 10.1 Å². The molecule has 126 valence electrons. The first kappa shape index (κ1) is 15.6. The second kappa shape index (κ2) is 6.16. The summed E-state index contributed by atoms with van der Waals surface area (Å²) in [7, 11) is 0. The summed E-state index contributed by atoms with van der Waals surface area (Å²) in [4.78, 5) is 11.8. The average molecular weight is 331 g/mol.